The van der Waals surface area contributed by atoms with Gasteiger partial charge in [0.15, 0.2) is 0 Å². The molecule has 1 aliphatic rings. The van der Waals surface area contributed by atoms with Gasteiger partial charge in [0.05, 0.1) is 0 Å². The van der Waals surface area contributed by atoms with Gasteiger partial charge in [-0.3, -0.25) is 4.79 Å². The topological polar surface area (TPSA) is 46.3 Å². The molecular weight excluding hydrogens is 212 g/mol. The third-order valence-electron chi connectivity index (χ3n) is 3.31. The normalized spacial score (nSPS) is 15.5. The summed E-state index contributed by atoms with van der Waals surface area (Å²) in [7, 11) is 0. The third kappa shape index (κ3) is 2.24. The molecule has 1 aromatic carbocycles. The molecule has 1 atom stereocenters. The number of carbonyl (C=O) groups excluding carboxylic acids is 1. The molecule has 1 heterocycles. The molecule has 0 unspecified atom stereocenters. The molecule has 17 heavy (non-hydrogen) atoms. The molecule has 0 fully saturated rings. The van der Waals surface area contributed by atoms with E-state index in [0.717, 1.165) is 12.0 Å². The average Bonchev–Trinajstić information content (AvgIpc) is 2.79. The molecule has 3 nitrogen and oxygen atoms in total. The molecule has 3 heteroatoms. The van der Waals surface area contributed by atoms with Gasteiger partial charge in [-0.15, -0.1) is 0 Å². The quantitative estimate of drug-likeness (QED) is 0.805. The third-order valence-corrected chi connectivity index (χ3v) is 3.31. The Balaban J connectivity index is 2.08. The van der Waals surface area contributed by atoms with Crippen LogP contribution in [0.4, 0.5) is 0 Å². The van der Waals surface area contributed by atoms with Crippen LogP contribution in [0.25, 0.3) is 0 Å². The number of amides is 1. The zero-order valence-corrected chi connectivity index (χ0v) is 10.1. The summed E-state index contributed by atoms with van der Waals surface area (Å²) in [5.74, 6) is -0.0203. The number of nitrogens with two attached hydrogens (primary N) is 1. The zero-order valence-electron chi connectivity index (χ0n) is 10.1. The van der Waals surface area contributed by atoms with Gasteiger partial charge in [-0.05, 0) is 17.5 Å². The van der Waals surface area contributed by atoms with Crippen molar-refractivity contribution in [3.8, 4) is 0 Å². The Hall–Kier alpha value is -1.61. The maximum Gasteiger partial charge on any atom is 0.244 e. The van der Waals surface area contributed by atoms with Crippen molar-refractivity contribution in [1.29, 1.82) is 0 Å². The summed E-state index contributed by atoms with van der Waals surface area (Å²) >= 11 is 0. The highest BCUT2D eigenvalue weighted by molar-refractivity contribution is 5.85. The second-order valence-corrected chi connectivity index (χ2v) is 4.45. The molecule has 1 aliphatic heterocycles. The van der Waals surface area contributed by atoms with Gasteiger partial charge in [-0.1, -0.05) is 43.3 Å². The van der Waals surface area contributed by atoms with Crippen molar-refractivity contribution >= 4 is 5.91 Å². The highest BCUT2D eigenvalue weighted by Crippen LogP contribution is 2.23. The van der Waals surface area contributed by atoms with Crippen LogP contribution >= 0.6 is 0 Å². The minimum Gasteiger partial charge on any atom is -0.332 e. The Morgan fingerprint density at radius 3 is 2.41 bits per heavy atom. The number of fused-ring (bicyclic) bond motifs is 1. The minimum absolute atomic E-state index is 0.0203. The van der Waals surface area contributed by atoms with E-state index in [-0.39, 0.29) is 5.91 Å². The largest absolute Gasteiger partial charge is 0.332 e. The lowest BCUT2D eigenvalue weighted by Gasteiger charge is -2.21. The van der Waals surface area contributed by atoms with Gasteiger partial charge in [0.2, 0.25) is 5.91 Å². The minimum atomic E-state index is -0.561. The van der Waals surface area contributed by atoms with Crippen molar-refractivity contribution in [2.24, 2.45) is 5.73 Å². The van der Waals surface area contributed by atoms with E-state index in [1.54, 1.807) is 4.90 Å². The van der Waals surface area contributed by atoms with Gasteiger partial charge in [0, 0.05) is 13.1 Å². The first kappa shape index (κ1) is 11.9. The van der Waals surface area contributed by atoms with Crippen LogP contribution in [0.1, 0.15) is 24.5 Å². The van der Waals surface area contributed by atoms with Crippen LogP contribution in [0.3, 0.4) is 0 Å². The van der Waals surface area contributed by atoms with Gasteiger partial charge in [-0.2, -0.15) is 0 Å². The highest BCUT2D eigenvalue weighted by Gasteiger charge is 2.27. The van der Waals surface area contributed by atoms with E-state index in [1.165, 1.54) is 11.1 Å². The Kier molecular flexibility index (Phi) is 3.29. The lowest BCUT2D eigenvalue weighted by Crippen LogP contribution is -2.42. The average molecular weight is 230 g/mol. The number of carbonyl (C=O) groups is 1. The molecule has 1 amide bonds. The van der Waals surface area contributed by atoms with E-state index in [4.69, 9.17) is 5.73 Å². The summed E-state index contributed by atoms with van der Waals surface area (Å²) in [6, 6.07) is 7.55. The second-order valence-electron chi connectivity index (χ2n) is 4.45. The van der Waals surface area contributed by atoms with Crippen LogP contribution in [0, 0.1) is 0 Å². The highest BCUT2D eigenvalue weighted by atomic mass is 16.2. The fourth-order valence-corrected chi connectivity index (χ4v) is 2.08. The van der Waals surface area contributed by atoms with Crippen molar-refractivity contribution < 1.29 is 4.79 Å². The van der Waals surface area contributed by atoms with Gasteiger partial charge in [-0.25, -0.2) is 0 Å². The summed E-state index contributed by atoms with van der Waals surface area (Å²) in [4.78, 5) is 14.0. The summed E-state index contributed by atoms with van der Waals surface area (Å²) in [5, 5.41) is 0. The van der Waals surface area contributed by atoms with Gasteiger partial charge in [0.25, 0.3) is 0 Å². The van der Waals surface area contributed by atoms with Crippen molar-refractivity contribution in [3.05, 3.63) is 47.5 Å². The standard InChI is InChI=1S/C14H18N2O/c1-3-10(2)13(15)14(17)16-8-11-6-4-5-7-12(11)9-16/h4-7,13H,2-3,8-9,15H2,1H3/t13-/m0/s1. The van der Waals surface area contributed by atoms with Crippen LogP contribution in [0.5, 0.6) is 0 Å². The van der Waals surface area contributed by atoms with Gasteiger partial charge in [0.1, 0.15) is 6.04 Å². The summed E-state index contributed by atoms with van der Waals surface area (Å²) in [6.07, 6.45) is 0.744. The molecule has 2 N–H and O–H groups in total. The molecule has 1 aromatic rings. The van der Waals surface area contributed by atoms with E-state index < -0.39 is 6.04 Å². The maximum absolute atomic E-state index is 12.2. The van der Waals surface area contributed by atoms with Crippen molar-refractivity contribution in [2.45, 2.75) is 32.5 Å². The van der Waals surface area contributed by atoms with Crippen LogP contribution < -0.4 is 5.73 Å². The predicted octanol–water partition coefficient (Wildman–Crippen LogP) is 1.82. The van der Waals surface area contributed by atoms with Crippen molar-refractivity contribution in [2.75, 3.05) is 0 Å². The molecule has 0 aliphatic carbocycles. The van der Waals surface area contributed by atoms with E-state index >= 15 is 0 Å². The molecule has 0 saturated carbocycles. The van der Waals surface area contributed by atoms with Crippen molar-refractivity contribution in [1.82, 2.24) is 4.90 Å². The second kappa shape index (κ2) is 4.72. The summed E-state index contributed by atoms with van der Waals surface area (Å²) < 4.78 is 0. The lowest BCUT2D eigenvalue weighted by molar-refractivity contribution is -0.132. The number of nitrogens with zero attached hydrogens (tertiary/aromatic N) is 1. The predicted molar refractivity (Wildman–Crippen MR) is 68.1 cm³/mol. The molecule has 0 spiro atoms. The van der Waals surface area contributed by atoms with E-state index in [2.05, 4.69) is 18.7 Å². The Morgan fingerprint density at radius 1 is 1.41 bits per heavy atom. The van der Waals surface area contributed by atoms with Gasteiger partial charge >= 0.3 is 0 Å². The number of benzene rings is 1. The SMILES string of the molecule is C=C(CC)[C@H](N)C(=O)N1Cc2ccccc2C1. The number of hydrogen-bond acceptors (Lipinski definition) is 2. The van der Waals surface area contributed by atoms with Gasteiger partial charge < -0.3 is 10.6 Å². The summed E-state index contributed by atoms with van der Waals surface area (Å²) in [5.41, 5.74) is 9.13. The molecule has 90 valence electrons. The van der Waals surface area contributed by atoms with E-state index in [9.17, 15) is 4.79 Å². The van der Waals surface area contributed by atoms with Crippen LogP contribution in [-0.4, -0.2) is 16.8 Å². The Bertz CT molecular complexity index is 428. The fourth-order valence-electron chi connectivity index (χ4n) is 2.08. The Labute approximate surface area is 102 Å². The first-order valence-electron chi connectivity index (χ1n) is 5.92. The smallest absolute Gasteiger partial charge is 0.244 e. The fraction of sp³-hybridized carbons (Fsp3) is 0.357. The summed E-state index contributed by atoms with van der Waals surface area (Å²) in [6.45, 7) is 7.14. The molecule has 0 aromatic heterocycles. The van der Waals surface area contributed by atoms with Crippen molar-refractivity contribution in [3.63, 3.8) is 0 Å². The number of rotatable bonds is 3. The molecule has 0 saturated heterocycles. The van der Waals surface area contributed by atoms with E-state index in [0.29, 0.717) is 13.1 Å². The monoisotopic (exact) mass is 230 g/mol. The molecular formula is C14H18N2O. The first-order chi connectivity index (χ1) is 8.13. The molecule has 2 rings (SSSR count). The molecule has 0 radical (unpaired) electrons. The zero-order chi connectivity index (χ0) is 12.4. The van der Waals surface area contributed by atoms with Crippen LogP contribution in [0.2, 0.25) is 0 Å². The van der Waals surface area contributed by atoms with Crippen LogP contribution in [0.15, 0.2) is 36.4 Å². The maximum atomic E-state index is 12.2. The first-order valence-corrected chi connectivity index (χ1v) is 5.92. The molecule has 0 bridgehead atoms. The van der Waals surface area contributed by atoms with E-state index in [1.807, 2.05) is 19.1 Å². The Morgan fingerprint density at radius 2 is 1.94 bits per heavy atom. The number of hydrogen-bond donors (Lipinski definition) is 1. The lowest BCUT2D eigenvalue weighted by atomic mass is 10.1. The van der Waals surface area contributed by atoms with Crippen LogP contribution in [-0.2, 0) is 17.9 Å².